The summed E-state index contributed by atoms with van der Waals surface area (Å²) in [6.45, 7) is 6.35. The minimum atomic E-state index is 0.0909. The minimum Gasteiger partial charge on any atom is -0.350 e. The fourth-order valence-electron chi connectivity index (χ4n) is 2.97. The topological polar surface area (TPSA) is 41.1 Å². The molecule has 0 spiro atoms. The molecule has 1 saturated heterocycles. The van der Waals surface area contributed by atoms with E-state index in [1.54, 1.807) is 0 Å². The Morgan fingerprint density at radius 2 is 2.25 bits per heavy atom. The Balaban J connectivity index is 1.77. The average molecular weight is 274 g/mol. The van der Waals surface area contributed by atoms with Gasteiger partial charge in [-0.15, -0.1) is 0 Å². The van der Waals surface area contributed by atoms with E-state index in [-0.39, 0.29) is 11.9 Å². The molecular formula is C17H26N2O. The lowest BCUT2D eigenvalue weighted by Gasteiger charge is -2.23. The van der Waals surface area contributed by atoms with Crippen LogP contribution in [0, 0.1) is 12.8 Å². The number of carbonyl (C=O) groups excluding carboxylic acids is 1. The van der Waals surface area contributed by atoms with Crippen molar-refractivity contribution < 1.29 is 4.79 Å². The Morgan fingerprint density at radius 3 is 2.95 bits per heavy atom. The molecule has 1 aliphatic heterocycles. The molecule has 1 aromatic rings. The van der Waals surface area contributed by atoms with Crippen LogP contribution in [0.5, 0.6) is 0 Å². The second-order valence-electron chi connectivity index (χ2n) is 5.90. The monoisotopic (exact) mass is 274 g/mol. The van der Waals surface area contributed by atoms with E-state index in [1.807, 2.05) is 12.1 Å². The van der Waals surface area contributed by atoms with Crippen LogP contribution in [0.1, 0.15) is 49.8 Å². The molecule has 0 aliphatic carbocycles. The third-order valence-electron chi connectivity index (χ3n) is 4.21. The predicted molar refractivity (Wildman–Crippen MR) is 82.6 cm³/mol. The van der Waals surface area contributed by atoms with Gasteiger partial charge in [-0.2, -0.15) is 0 Å². The molecule has 1 fully saturated rings. The van der Waals surface area contributed by atoms with E-state index < -0.39 is 0 Å². The molecule has 2 N–H and O–H groups in total. The standard InChI is InChI=1S/C17H26N2O/c1-13-6-3-4-8-16(13)14(2)19-17(20)10-9-15-7-5-11-18-12-15/h3-4,6,8,14-15,18H,5,7,9-12H2,1-2H3,(H,19,20). The van der Waals surface area contributed by atoms with Crippen LogP contribution in [-0.4, -0.2) is 19.0 Å². The molecule has 1 aliphatic rings. The SMILES string of the molecule is Cc1ccccc1C(C)NC(=O)CCC1CCCNC1. The summed E-state index contributed by atoms with van der Waals surface area (Å²) in [7, 11) is 0. The third-order valence-corrected chi connectivity index (χ3v) is 4.21. The first kappa shape index (κ1) is 15.0. The van der Waals surface area contributed by atoms with Gasteiger partial charge in [0.25, 0.3) is 0 Å². The van der Waals surface area contributed by atoms with Crippen molar-refractivity contribution in [2.45, 2.75) is 45.6 Å². The zero-order chi connectivity index (χ0) is 14.4. The molecule has 0 radical (unpaired) electrons. The molecule has 0 bridgehead atoms. The molecule has 20 heavy (non-hydrogen) atoms. The smallest absolute Gasteiger partial charge is 0.220 e. The first-order chi connectivity index (χ1) is 9.66. The van der Waals surface area contributed by atoms with Gasteiger partial charge in [-0.3, -0.25) is 4.79 Å². The van der Waals surface area contributed by atoms with E-state index >= 15 is 0 Å². The van der Waals surface area contributed by atoms with E-state index in [0.29, 0.717) is 12.3 Å². The Kier molecular flexibility index (Phi) is 5.60. The molecule has 0 saturated carbocycles. The van der Waals surface area contributed by atoms with Gasteiger partial charge < -0.3 is 10.6 Å². The Bertz CT molecular complexity index is 438. The fraction of sp³-hybridized carbons (Fsp3) is 0.588. The number of hydrogen-bond acceptors (Lipinski definition) is 2. The summed E-state index contributed by atoms with van der Waals surface area (Å²) in [5, 5.41) is 6.52. The molecular weight excluding hydrogens is 248 g/mol. The second-order valence-corrected chi connectivity index (χ2v) is 5.90. The van der Waals surface area contributed by atoms with Crippen molar-refractivity contribution in [3.8, 4) is 0 Å². The number of hydrogen-bond donors (Lipinski definition) is 2. The summed E-state index contributed by atoms with van der Waals surface area (Å²) in [5.41, 5.74) is 2.44. The van der Waals surface area contributed by atoms with Gasteiger partial charge in [0.05, 0.1) is 6.04 Å². The van der Waals surface area contributed by atoms with Gasteiger partial charge in [0.15, 0.2) is 0 Å². The highest BCUT2D eigenvalue weighted by Gasteiger charge is 2.16. The van der Waals surface area contributed by atoms with Gasteiger partial charge in [0.2, 0.25) is 5.91 Å². The Labute approximate surface area is 122 Å². The summed E-state index contributed by atoms with van der Waals surface area (Å²) in [6, 6.07) is 8.33. The lowest BCUT2D eigenvalue weighted by atomic mass is 9.94. The van der Waals surface area contributed by atoms with Gasteiger partial charge in [0.1, 0.15) is 0 Å². The van der Waals surface area contributed by atoms with Crippen LogP contribution in [0.4, 0.5) is 0 Å². The van der Waals surface area contributed by atoms with E-state index in [0.717, 1.165) is 19.5 Å². The van der Waals surface area contributed by atoms with Crippen LogP contribution in [0.25, 0.3) is 0 Å². The highest BCUT2D eigenvalue weighted by atomic mass is 16.1. The maximum atomic E-state index is 12.0. The van der Waals surface area contributed by atoms with E-state index in [9.17, 15) is 4.79 Å². The van der Waals surface area contributed by atoms with Crippen LogP contribution in [0.2, 0.25) is 0 Å². The number of rotatable bonds is 5. The van der Waals surface area contributed by atoms with Crippen molar-refractivity contribution in [1.29, 1.82) is 0 Å². The summed E-state index contributed by atoms with van der Waals surface area (Å²) < 4.78 is 0. The van der Waals surface area contributed by atoms with Crippen molar-refractivity contribution in [1.82, 2.24) is 10.6 Å². The summed E-state index contributed by atoms with van der Waals surface area (Å²) >= 11 is 0. The first-order valence-electron chi connectivity index (χ1n) is 7.72. The molecule has 1 heterocycles. The van der Waals surface area contributed by atoms with Crippen LogP contribution in [-0.2, 0) is 4.79 Å². The van der Waals surface area contributed by atoms with Gasteiger partial charge in [0, 0.05) is 6.42 Å². The average Bonchev–Trinajstić information content (AvgIpc) is 2.46. The summed E-state index contributed by atoms with van der Waals surface area (Å²) in [4.78, 5) is 12.0. The van der Waals surface area contributed by atoms with Crippen LogP contribution in [0.3, 0.4) is 0 Å². The molecule has 2 rings (SSSR count). The number of aryl methyl sites for hydroxylation is 1. The molecule has 3 nitrogen and oxygen atoms in total. The summed E-state index contributed by atoms with van der Waals surface area (Å²) in [5.74, 6) is 0.842. The lowest BCUT2D eigenvalue weighted by Crippen LogP contribution is -2.32. The molecule has 2 unspecified atom stereocenters. The van der Waals surface area contributed by atoms with E-state index in [1.165, 1.54) is 24.0 Å². The van der Waals surface area contributed by atoms with Crippen molar-refractivity contribution in [2.75, 3.05) is 13.1 Å². The number of piperidine rings is 1. The summed E-state index contributed by atoms with van der Waals surface area (Å²) in [6.07, 6.45) is 4.14. The zero-order valence-corrected chi connectivity index (χ0v) is 12.6. The Hall–Kier alpha value is -1.35. The molecule has 110 valence electrons. The molecule has 3 heteroatoms. The van der Waals surface area contributed by atoms with Crippen molar-refractivity contribution in [2.24, 2.45) is 5.92 Å². The second kappa shape index (κ2) is 7.44. The van der Waals surface area contributed by atoms with Crippen molar-refractivity contribution in [3.63, 3.8) is 0 Å². The van der Waals surface area contributed by atoms with E-state index in [4.69, 9.17) is 0 Å². The number of nitrogens with one attached hydrogen (secondary N) is 2. The van der Waals surface area contributed by atoms with Gasteiger partial charge in [-0.05, 0) is 63.2 Å². The highest BCUT2D eigenvalue weighted by molar-refractivity contribution is 5.76. The lowest BCUT2D eigenvalue weighted by molar-refractivity contribution is -0.122. The highest BCUT2D eigenvalue weighted by Crippen LogP contribution is 2.18. The maximum Gasteiger partial charge on any atom is 0.220 e. The third kappa shape index (κ3) is 4.34. The molecule has 0 aromatic heterocycles. The van der Waals surface area contributed by atoms with Crippen LogP contribution in [0.15, 0.2) is 24.3 Å². The molecule has 1 amide bonds. The zero-order valence-electron chi connectivity index (χ0n) is 12.6. The first-order valence-corrected chi connectivity index (χ1v) is 7.72. The minimum absolute atomic E-state index is 0.0909. The number of benzene rings is 1. The molecule has 1 aromatic carbocycles. The number of amides is 1. The quantitative estimate of drug-likeness (QED) is 0.866. The number of carbonyl (C=O) groups is 1. The van der Waals surface area contributed by atoms with Gasteiger partial charge in [-0.25, -0.2) is 0 Å². The van der Waals surface area contributed by atoms with Gasteiger partial charge >= 0.3 is 0 Å². The normalized spacial score (nSPS) is 20.4. The van der Waals surface area contributed by atoms with Crippen LogP contribution >= 0.6 is 0 Å². The van der Waals surface area contributed by atoms with E-state index in [2.05, 4.69) is 36.6 Å². The predicted octanol–water partition coefficient (Wildman–Crippen LogP) is 2.95. The van der Waals surface area contributed by atoms with Crippen molar-refractivity contribution >= 4 is 5.91 Å². The van der Waals surface area contributed by atoms with Gasteiger partial charge in [-0.1, -0.05) is 24.3 Å². The molecule has 2 atom stereocenters. The van der Waals surface area contributed by atoms with Crippen molar-refractivity contribution in [3.05, 3.63) is 35.4 Å². The maximum absolute atomic E-state index is 12.0. The Morgan fingerprint density at radius 1 is 1.45 bits per heavy atom. The van der Waals surface area contributed by atoms with Crippen LogP contribution < -0.4 is 10.6 Å². The largest absolute Gasteiger partial charge is 0.350 e. The fourth-order valence-corrected chi connectivity index (χ4v) is 2.97.